The Morgan fingerprint density at radius 1 is 1.21 bits per heavy atom. The van der Waals surface area contributed by atoms with E-state index >= 15 is 0 Å². The van der Waals surface area contributed by atoms with Gasteiger partial charge in [-0.3, -0.25) is 0 Å². The molecule has 0 bridgehead atoms. The second kappa shape index (κ2) is 6.78. The molecule has 1 nitrogen and oxygen atoms in total. The average molecular weight is 324 g/mol. The highest BCUT2D eigenvalue weighted by Gasteiger charge is 2.23. The lowest BCUT2D eigenvalue weighted by molar-refractivity contribution is 0.267. The third-order valence-electron chi connectivity index (χ3n) is 4.52. The van der Waals surface area contributed by atoms with E-state index in [0.29, 0.717) is 6.04 Å². The molecule has 2 rings (SSSR count). The molecule has 19 heavy (non-hydrogen) atoms. The van der Waals surface area contributed by atoms with Crippen LogP contribution in [0.2, 0.25) is 0 Å². The molecular formula is C17H26BrN. The molecule has 106 valence electrons. The topological polar surface area (TPSA) is 12.0 Å². The maximum atomic E-state index is 3.77. The van der Waals surface area contributed by atoms with Crippen LogP contribution >= 0.6 is 15.9 Å². The van der Waals surface area contributed by atoms with E-state index in [4.69, 9.17) is 0 Å². The first kappa shape index (κ1) is 14.9. The number of rotatable bonds is 4. The molecule has 0 heterocycles. The minimum atomic E-state index is 0.668. The summed E-state index contributed by atoms with van der Waals surface area (Å²) in [5, 5.41) is 3.77. The van der Waals surface area contributed by atoms with Crippen LogP contribution in [0, 0.1) is 11.8 Å². The second-order valence-corrected chi connectivity index (χ2v) is 7.07. The zero-order valence-corrected chi connectivity index (χ0v) is 14.0. The summed E-state index contributed by atoms with van der Waals surface area (Å²) >= 11 is 3.56. The minimum absolute atomic E-state index is 0.668. The second-order valence-electron chi connectivity index (χ2n) is 6.16. The number of hydrogen-bond acceptors (Lipinski definition) is 1. The number of benzene rings is 1. The van der Waals surface area contributed by atoms with Crippen LogP contribution in [-0.2, 0) is 6.42 Å². The first-order valence-corrected chi connectivity index (χ1v) is 8.44. The molecule has 1 saturated carbocycles. The van der Waals surface area contributed by atoms with Crippen LogP contribution in [0.4, 0.5) is 5.69 Å². The van der Waals surface area contributed by atoms with Crippen LogP contribution in [0.1, 0.15) is 52.0 Å². The lowest BCUT2D eigenvalue weighted by Crippen LogP contribution is -2.28. The van der Waals surface area contributed by atoms with Gasteiger partial charge in [-0.15, -0.1) is 0 Å². The fourth-order valence-electron chi connectivity index (χ4n) is 3.15. The molecule has 1 aromatic carbocycles. The molecule has 0 radical (unpaired) electrons. The maximum absolute atomic E-state index is 3.77. The molecule has 0 saturated heterocycles. The highest BCUT2D eigenvalue weighted by Crippen LogP contribution is 2.32. The Morgan fingerprint density at radius 2 is 1.89 bits per heavy atom. The van der Waals surface area contributed by atoms with Gasteiger partial charge in [-0.25, -0.2) is 0 Å². The molecule has 1 aliphatic rings. The molecule has 0 amide bonds. The summed E-state index contributed by atoms with van der Waals surface area (Å²) in [4.78, 5) is 0. The summed E-state index contributed by atoms with van der Waals surface area (Å²) in [6.07, 6.45) is 6.49. The zero-order valence-electron chi connectivity index (χ0n) is 12.4. The van der Waals surface area contributed by atoms with Crippen molar-refractivity contribution in [1.29, 1.82) is 0 Å². The molecule has 1 N–H and O–H groups in total. The van der Waals surface area contributed by atoms with E-state index in [0.717, 1.165) is 18.3 Å². The maximum Gasteiger partial charge on any atom is 0.0375 e. The molecule has 1 aromatic rings. The molecule has 0 aromatic heterocycles. The standard InChI is InChI=1S/C17H26BrN/c1-4-13-11-15(18)7-10-17(13)19-16-8-5-14(6-9-16)12(2)3/h7,10-12,14,16,19H,4-6,8-9H2,1-3H3. The van der Waals surface area contributed by atoms with Crippen LogP contribution in [0.25, 0.3) is 0 Å². The van der Waals surface area contributed by atoms with Crippen molar-refractivity contribution in [3.8, 4) is 0 Å². The molecule has 0 aliphatic heterocycles. The highest BCUT2D eigenvalue weighted by molar-refractivity contribution is 9.10. The Kier molecular flexibility index (Phi) is 5.32. The fraction of sp³-hybridized carbons (Fsp3) is 0.647. The smallest absolute Gasteiger partial charge is 0.0375 e. The summed E-state index contributed by atoms with van der Waals surface area (Å²) < 4.78 is 1.18. The van der Waals surface area contributed by atoms with Gasteiger partial charge in [0, 0.05) is 16.2 Å². The van der Waals surface area contributed by atoms with Crippen molar-refractivity contribution in [2.24, 2.45) is 11.8 Å². The quantitative estimate of drug-likeness (QED) is 0.756. The number of halogens is 1. The third-order valence-corrected chi connectivity index (χ3v) is 5.02. The van der Waals surface area contributed by atoms with E-state index in [1.54, 1.807) is 0 Å². The number of aryl methyl sites for hydroxylation is 1. The molecule has 2 heteroatoms. The van der Waals surface area contributed by atoms with Crippen molar-refractivity contribution in [2.75, 3.05) is 5.32 Å². The molecular weight excluding hydrogens is 298 g/mol. The number of hydrogen-bond donors (Lipinski definition) is 1. The lowest BCUT2D eigenvalue weighted by Gasteiger charge is -2.32. The monoisotopic (exact) mass is 323 g/mol. The van der Waals surface area contributed by atoms with E-state index in [1.165, 1.54) is 41.4 Å². The van der Waals surface area contributed by atoms with Gasteiger partial charge in [-0.05, 0) is 67.7 Å². The SMILES string of the molecule is CCc1cc(Br)ccc1NC1CCC(C(C)C)CC1. The molecule has 0 spiro atoms. The molecule has 1 fully saturated rings. The summed E-state index contributed by atoms with van der Waals surface area (Å²) in [6, 6.07) is 7.27. The first-order chi connectivity index (χ1) is 9.10. The van der Waals surface area contributed by atoms with Gasteiger partial charge < -0.3 is 5.32 Å². The van der Waals surface area contributed by atoms with Crippen molar-refractivity contribution in [1.82, 2.24) is 0 Å². The zero-order chi connectivity index (χ0) is 13.8. The van der Waals surface area contributed by atoms with Gasteiger partial charge in [-0.2, -0.15) is 0 Å². The van der Waals surface area contributed by atoms with Crippen molar-refractivity contribution >= 4 is 21.6 Å². The molecule has 0 unspecified atom stereocenters. The van der Waals surface area contributed by atoms with Crippen molar-refractivity contribution in [2.45, 2.75) is 58.9 Å². The van der Waals surface area contributed by atoms with Crippen LogP contribution < -0.4 is 5.32 Å². The first-order valence-electron chi connectivity index (χ1n) is 7.65. The fourth-order valence-corrected chi connectivity index (χ4v) is 3.55. The summed E-state index contributed by atoms with van der Waals surface area (Å²) in [7, 11) is 0. The summed E-state index contributed by atoms with van der Waals surface area (Å²) in [5.41, 5.74) is 2.75. The number of nitrogens with one attached hydrogen (secondary N) is 1. The van der Waals surface area contributed by atoms with Gasteiger partial charge >= 0.3 is 0 Å². The molecule has 0 atom stereocenters. The highest BCUT2D eigenvalue weighted by atomic mass is 79.9. The number of anilines is 1. The largest absolute Gasteiger partial charge is 0.382 e. The Labute approximate surface area is 126 Å². The lowest BCUT2D eigenvalue weighted by atomic mass is 9.79. The van der Waals surface area contributed by atoms with Gasteiger partial charge in [0.2, 0.25) is 0 Å². The van der Waals surface area contributed by atoms with Crippen molar-refractivity contribution in [3.05, 3.63) is 28.2 Å². The van der Waals surface area contributed by atoms with Gasteiger partial charge in [0.05, 0.1) is 0 Å². The summed E-state index contributed by atoms with van der Waals surface area (Å²) in [6.45, 7) is 6.95. The van der Waals surface area contributed by atoms with Gasteiger partial charge in [0.15, 0.2) is 0 Å². The van der Waals surface area contributed by atoms with Crippen molar-refractivity contribution < 1.29 is 0 Å². The van der Waals surface area contributed by atoms with Gasteiger partial charge in [0.1, 0.15) is 0 Å². The van der Waals surface area contributed by atoms with E-state index in [9.17, 15) is 0 Å². The molecule has 1 aliphatic carbocycles. The van der Waals surface area contributed by atoms with Gasteiger partial charge in [0.25, 0.3) is 0 Å². The normalized spacial score (nSPS) is 23.6. The van der Waals surface area contributed by atoms with E-state index in [2.05, 4.69) is 60.2 Å². The van der Waals surface area contributed by atoms with Crippen LogP contribution in [0.15, 0.2) is 22.7 Å². The minimum Gasteiger partial charge on any atom is -0.382 e. The Balaban J connectivity index is 1.95. The van der Waals surface area contributed by atoms with E-state index in [-0.39, 0.29) is 0 Å². The van der Waals surface area contributed by atoms with Crippen LogP contribution in [0.3, 0.4) is 0 Å². The van der Waals surface area contributed by atoms with Crippen LogP contribution in [0.5, 0.6) is 0 Å². The van der Waals surface area contributed by atoms with Gasteiger partial charge in [-0.1, -0.05) is 36.7 Å². The van der Waals surface area contributed by atoms with E-state index in [1.807, 2.05) is 0 Å². The predicted molar refractivity (Wildman–Crippen MR) is 87.7 cm³/mol. The third kappa shape index (κ3) is 3.98. The Bertz CT molecular complexity index is 406. The Morgan fingerprint density at radius 3 is 2.47 bits per heavy atom. The van der Waals surface area contributed by atoms with Crippen LogP contribution in [-0.4, -0.2) is 6.04 Å². The summed E-state index contributed by atoms with van der Waals surface area (Å²) in [5.74, 6) is 1.79. The average Bonchev–Trinajstić information content (AvgIpc) is 2.41. The predicted octanol–water partition coefficient (Wildman–Crippen LogP) is 5.64. The van der Waals surface area contributed by atoms with E-state index < -0.39 is 0 Å². The van der Waals surface area contributed by atoms with Crippen molar-refractivity contribution in [3.63, 3.8) is 0 Å². The Hall–Kier alpha value is -0.500.